The molecule has 2 N–H and O–H groups in total. The number of hydrogen-bond acceptors (Lipinski definition) is 8. The quantitative estimate of drug-likeness (QED) is 0.229. The lowest BCUT2D eigenvalue weighted by Crippen LogP contribution is -2.35. The van der Waals surface area contributed by atoms with Gasteiger partial charge in [0.25, 0.3) is 5.91 Å². The summed E-state index contributed by atoms with van der Waals surface area (Å²) in [6, 6.07) is 14.1. The van der Waals surface area contributed by atoms with Crippen molar-refractivity contribution in [2.75, 3.05) is 39.5 Å². The zero-order valence-electron chi connectivity index (χ0n) is 23.7. The molecule has 0 bridgehead atoms. The van der Waals surface area contributed by atoms with Crippen molar-refractivity contribution in [3.05, 3.63) is 75.6 Å². The second kappa shape index (κ2) is 14.5. The van der Waals surface area contributed by atoms with Crippen molar-refractivity contribution in [1.29, 1.82) is 0 Å². The molecule has 220 valence electrons. The Morgan fingerprint density at radius 2 is 1.55 bits per heavy atom. The van der Waals surface area contributed by atoms with E-state index in [4.69, 9.17) is 23.4 Å². The van der Waals surface area contributed by atoms with Crippen LogP contribution in [0.4, 0.5) is 4.79 Å². The summed E-state index contributed by atoms with van der Waals surface area (Å²) < 4.78 is 27.5. The number of rotatable bonds is 13. The van der Waals surface area contributed by atoms with Crippen molar-refractivity contribution in [2.24, 2.45) is 0 Å². The number of nitrogens with one attached hydrogen (secondary N) is 2. The normalized spacial score (nSPS) is 12.1. The van der Waals surface area contributed by atoms with E-state index in [1.807, 2.05) is 38.1 Å². The highest BCUT2D eigenvalue weighted by molar-refractivity contribution is 5.84. The first-order valence-electron chi connectivity index (χ1n) is 13.2. The van der Waals surface area contributed by atoms with Crippen LogP contribution in [0.5, 0.6) is 5.75 Å². The molecule has 0 saturated carbocycles. The number of aryl methyl sites for hydroxylation is 2. The molecule has 1 heterocycles. The van der Waals surface area contributed by atoms with Crippen LogP contribution in [0.3, 0.4) is 0 Å². The molecular weight excluding hydrogens is 516 g/mol. The van der Waals surface area contributed by atoms with Gasteiger partial charge in [0.05, 0.1) is 26.4 Å². The number of alkyl carbamates (subject to hydrolysis) is 1. The first-order chi connectivity index (χ1) is 19.0. The average molecular weight is 559 g/mol. The van der Waals surface area contributed by atoms with E-state index in [-0.39, 0.29) is 21.9 Å². The minimum atomic E-state index is -0.921. The Morgan fingerprint density at radius 1 is 0.900 bits per heavy atom. The van der Waals surface area contributed by atoms with Crippen LogP contribution in [0.15, 0.2) is 57.7 Å². The molecule has 1 aromatic heterocycles. The summed E-state index contributed by atoms with van der Waals surface area (Å²) >= 11 is 0. The summed E-state index contributed by atoms with van der Waals surface area (Å²) in [5, 5.41) is 6.26. The van der Waals surface area contributed by atoms with Crippen molar-refractivity contribution >= 4 is 23.0 Å². The van der Waals surface area contributed by atoms with Crippen LogP contribution in [0, 0.1) is 13.8 Å². The van der Waals surface area contributed by atoms with Crippen LogP contribution in [-0.2, 0) is 19.0 Å². The van der Waals surface area contributed by atoms with Gasteiger partial charge in [-0.05, 0) is 52.3 Å². The summed E-state index contributed by atoms with van der Waals surface area (Å²) in [5.74, 6) is 0.0687. The predicted octanol–water partition coefficient (Wildman–Crippen LogP) is 4.70. The number of carbonyl (C=O) groups excluding carboxylic acids is 2. The maximum absolute atomic E-state index is 13.1. The van der Waals surface area contributed by atoms with Crippen molar-refractivity contribution in [3.63, 3.8) is 0 Å². The van der Waals surface area contributed by atoms with Gasteiger partial charge in [-0.15, -0.1) is 0 Å². The summed E-state index contributed by atoms with van der Waals surface area (Å²) in [6.07, 6.45) is -1.41. The van der Waals surface area contributed by atoms with E-state index in [1.54, 1.807) is 39.0 Å². The number of ether oxygens (including phenoxy) is 4. The molecular formula is C30H42N2O8. The van der Waals surface area contributed by atoms with Crippen LogP contribution in [-0.4, -0.2) is 57.1 Å². The summed E-state index contributed by atoms with van der Waals surface area (Å²) in [5.41, 5.74) is 1.94. The Labute approximate surface area is 236 Å². The molecule has 3 aromatic rings. The van der Waals surface area contributed by atoms with E-state index in [0.29, 0.717) is 43.3 Å². The number of benzene rings is 2. The molecule has 0 fully saturated rings. The van der Waals surface area contributed by atoms with Crippen LogP contribution in [0.25, 0.3) is 11.0 Å². The Hall–Kier alpha value is -3.89. The monoisotopic (exact) mass is 558 g/mol. The zero-order chi connectivity index (χ0) is 29.1. The van der Waals surface area contributed by atoms with Crippen LogP contribution in [0.1, 0.15) is 46.4 Å². The van der Waals surface area contributed by atoms with E-state index >= 15 is 0 Å². The SMILES string of the molecule is Cc1ccc(C(Oc2ccc3c(C)cc(=O)oc3c2)C(=O)NCCOCCOCCNC(=O)OC(C)(C)C)cc1.[HH].[HH]. The number of amides is 2. The van der Waals surface area contributed by atoms with Crippen molar-refractivity contribution < 1.29 is 35.8 Å². The van der Waals surface area contributed by atoms with Gasteiger partial charge >= 0.3 is 11.7 Å². The summed E-state index contributed by atoms with van der Waals surface area (Å²) in [7, 11) is 0. The minimum Gasteiger partial charge on any atom is -0.476 e. The largest absolute Gasteiger partial charge is 0.476 e. The molecule has 2 aromatic carbocycles. The Kier molecular flexibility index (Phi) is 11.1. The molecule has 3 rings (SSSR count). The standard InChI is InChI=1S/C30H38N2O8.2H2/c1-20-6-8-22(9-7-20)27(38-23-10-11-24-21(2)18-26(33)39-25(24)19-23)28(34)31-12-14-36-16-17-37-15-13-32-29(35)40-30(3,4)5;;/h6-11,18-19,27H,12-17H2,1-5H3,(H,31,34)(H,32,35);2*1H. The number of fused-ring (bicyclic) bond motifs is 1. The lowest BCUT2D eigenvalue weighted by molar-refractivity contribution is -0.128. The lowest BCUT2D eigenvalue weighted by atomic mass is 10.1. The fraction of sp³-hybridized carbons (Fsp3) is 0.433. The second-order valence-corrected chi connectivity index (χ2v) is 10.3. The molecule has 0 saturated heterocycles. The third-order valence-corrected chi connectivity index (χ3v) is 5.63. The highest BCUT2D eigenvalue weighted by atomic mass is 16.6. The number of hydrogen-bond donors (Lipinski definition) is 2. The highest BCUT2D eigenvalue weighted by Gasteiger charge is 2.23. The van der Waals surface area contributed by atoms with Crippen molar-refractivity contribution in [3.8, 4) is 5.75 Å². The molecule has 10 nitrogen and oxygen atoms in total. The molecule has 0 aliphatic heterocycles. The van der Waals surface area contributed by atoms with Gasteiger partial charge in [-0.25, -0.2) is 9.59 Å². The topological polar surface area (TPSA) is 125 Å². The average Bonchev–Trinajstić information content (AvgIpc) is 2.87. The third-order valence-electron chi connectivity index (χ3n) is 5.63. The first-order valence-corrected chi connectivity index (χ1v) is 13.2. The maximum Gasteiger partial charge on any atom is 0.407 e. The smallest absolute Gasteiger partial charge is 0.407 e. The van der Waals surface area contributed by atoms with Crippen molar-refractivity contribution in [2.45, 2.75) is 46.3 Å². The van der Waals surface area contributed by atoms with E-state index in [1.165, 1.54) is 6.07 Å². The van der Waals surface area contributed by atoms with Gasteiger partial charge in [0, 0.05) is 39.0 Å². The predicted molar refractivity (Wildman–Crippen MR) is 155 cm³/mol. The molecule has 40 heavy (non-hydrogen) atoms. The molecule has 0 aliphatic rings. The summed E-state index contributed by atoms with van der Waals surface area (Å²) in [6.45, 7) is 11.1. The van der Waals surface area contributed by atoms with E-state index in [0.717, 1.165) is 16.5 Å². The summed E-state index contributed by atoms with van der Waals surface area (Å²) in [4.78, 5) is 36.5. The Morgan fingerprint density at radius 3 is 2.20 bits per heavy atom. The van der Waals surface area contributed by atoms with Gasteiger partial charge in [0.2, 0.25) is 6.10 Å². The first kappa shape index (κ1) is 30.6. The molecule has 0 spiro atoms. The van der Waals surface area contributed by atoms with E-state index in [2.05, 4.69) is 10.6 Å². The fourth-order valence-electron chi connectivity index (χ4n) is 3.73. The Bertz CT molecular complexity index is 1340. The van der Waals surface area contributed by atoms with Crippen molar-refractivity contribution in [1.82, 2.24) is 10.6 Å². The van der Waals surface area contributed by atoms with E-state index < -0.39 is 23.4 Å². The molecule has 1 atom stereocenters. The lowest BCUT2D eigenvalue weighted by Gasteiger charge is -2.20. The maximum atomic E-state index is 13.1. The molecule has 0 radical (unpaired) electrons. The van der Waals surface area contributed by atoms with Crippen LogP contribution < -0.4 is 21.0 Å². The van der Waals surface area contributed by atoms with Crippen LogP contribution >= 0.6 is 0 Å². The highest BCUT2D eigenvalue weighted by Crippen LogP contribution is 2.27. The molecule has 0 aliphatic carbocycles. The van der Waals surface area contributed by atoms with Gasteiger partial charge in [-0.2, -0.15) is 0 Å². The Balaban J connectivity index is 0.00000441. The number of carbonyl (C=O) groups is 2. The van der Waals surface area contributed by atoms with Gasteiger partial charge in [-0.1, -0.05) is 29.8 Å². The van der Waals surface area contributed by atoms with Gasteiger partial charge in [0.1, 0.15) is 16.9 Å². The van der Waals surface area contributed by atoms with Gasteiger partial charge < -0.3 is 34.0 Å². The minimum absolute atomic E-state index is 0. The van der Waals surface area contributed by atoms with Gasteiger partial charge in [0.15, 0.2) is 0 Å². The third kappa shape index (κ3) is 10.0. The van der Waals surface area contributed by atoms with Gasteiger partial charge in [-0.3, -0.25) is 4.79 Å². The molecule has 10 heteroatoms. The fourth-order valence-corrected chi connectivity index (χ4v) is 3.73. The molecule has 1 unspecified atom stereocenters. The van der Waals surface area contributed by atoms with Crippen LogP contribution in [0.2, 0.25) is 0 Å². The van der Waals surface area contributed by atoms with E-state index in [9.17, 15) is 14.4 Å². The molecule has 2 amide bonds. The zero-order valence-corrected chi connectivity index (χ0v) is 23.7. The second-order valence-electron chi connectivity index (χ2n) is 10.3.